The molecule has 0 saturated carbocycles. The van der Waals surface area contributed by atoms with Crippen molar-refractivity contribution in [2.24, 2.45) is 5.92 Å². The van der Waals surface area contributed by atoms with Gasteiger partial charge in [0.2, 0.25) is 0 Å². The Labute approximate surface area is 254 Å². The maximum atomic E-state index is 13.6. The van der Waals surface area contributed by atoms with Crippen LogP contribution in [-0.4, -0.2) is 67.9 Å². The van der Waals surface area contributed by atoms with Crippen LogP contribution < -0.4 is 20.9 Å². The minimum atomic E-state index is -4.57. The number of nitrogens with one attached hydrogen (secondary N) is 2. The van der Waals surface area contributed by atoms with Gasteiger partial charge in [-0.25, -0.2) is 4.79 Å². The van der Waals surface area contributed by atoms with E-state index in [1.165, 1.54) is 24.1 Å². The third-order valence-corrected chi connectivity index (χ3v) is 7.92. The number of benzene rings is 2. The van der Waals surface area contributed by atoms with Crippen LogP contribution in [0.1, 0.15) is 55.0 Å². The monoisotopic (exact) mass is 618 g/mol. The topological polar surface area (TPSA) is 138 Å². The Morgan fingerprint density at radius 2 is 1.89 bits per heavy atom. The van der Waals surface area contributed by atoms with Crippen LogP contribution in [0.2, 0.25) is 0 Å². The van der Waals surface area contributed by atoms with Gasteiger partial charge >= 0.3 is 18.2 Å². The average molecular weight is 619 g/mol. The molecule has 0 radical (unpaired) electrons. The number of hydrogen-bond donors (Lipinski definition) is 2. The first kappa shape index (κ1) is 34.1. The van der Waals surface area contributed by atoms with Crippen molar-refractivity contribution in [3.63, 3.8) is 0 Å². The molecule has 2 amide bonds. The summed E-state index contributed by atoms with van der Waals surface area (Å²) in [4.78, 5) is 38.1. The summed E-state index contributed by atoms with van der Waals surface area (Å²) >= 11 is 0. The van der Waals surface area contributed by atoms with Gasteiger partial charge in [-0.3, -0.25) is 15.1 Å². The second-order valence-corrected chi connectivity index (χ2v) is 11.3. The van der Waals surface area contributed by atoms with E-state index < -0.39 is 54.5 Å². The molecule has 2 aliphatic rings. The molecule has 4 atom stereocenters. The van der Waals surface area contributed by atoms with Crippen LogP contribution in [0.4, 0.5) is 23.7 Å². The Morgan fingerprint density at radius 3 is 2.48 bits per heavy atom. The van der Waals surface area contributed by atoms with Crippen LogP contribution >= 0.6 is 0 Å². The molecule has 0 aliphatic carbocycles. The van der Waals surface area contributed by atoms with Crippen molar-refractivity contribution in [1.29, 1.82) is 5.26 Å². The molecule has 2 saturated heterocycles. The molecule has 14 heteroatoms. The van der Waals surface area contributed by atoms with E-state index >= 15 is 0 Å². The Morgan fingerprint density at radius 1 is 1.20 bits per heavy atom. The molecule has 0 aromatic heterocycles. The SMILES string of the molecule is CCCC[N+](C)(C)Cc1cc(C#N)ccc1[C@H]1C(C(=O)OC)C(C)N(c2cccc(C(F)(F)F)c2)C2NNC(=O)N21.O=C[O-]. The molecule has 238 valence electrons. The summed E-state index contributed by atoms with van der Waals surface area (Å²) in [5.41, 5.74) is 6.78. The van der Waals surface area contributed by atoms with E-state index in [1.54, 1.807) is 30.0 Å². The predicted molar refractivity (Wildman–Crippen MR) is 152 cm³/mol. The molecule has 4 rings (SSSR count). The maximum Gasteiger partial charge on any atom is 0.416 e. The number of halogens is 3. The number of methoxy groups -OCH3 is 1. The number of carboxylic acid groups (broad SMARTS) is 1. The van der Waals surface area contributed by atoms with Gasteiger partial charge in [-0.15, -0.1) is 0 Å². The number of quaternary nitrogens is 1. The zero-order chi connectivity index (χ0) is 32.8. The molecule has 2 fully saturated rings. The first-order valence-corrected chi connectivity index (χ1v) is 14.0. The van der Waals surface area contributed by atoms with Gasteiger partial charge in [-0.2, -0.15) is 23.9 Å². The van der Waals surface area contributed by atoms with Crippen LogP contribution in [0.25, 0.3) is 0 Å². The van der Waals surface area contributed by atoms with E-state index in [4.69, 9.17) is 14.6 Å². The number of amides is 2. The molecule has 2 aliphatic heterocycles. The molecule has 2 heterocycles. The highest BCUT2D eigenvalue weighted by Gasteiger charge is 2.55. The number of carbonyl (C=O) groups excluding carboxylic acids is 3. The fourth-order valence-corrected chi connectivity index (χ4v) is 5.94. The Hall–Kier alpha value is -4.35. The number of hydrogen-bond acceptors (Lipinski definition) is 8. The van der Waals surface area contributed by atoms with Crippen molar-refractivity contribution in [3.8, 4) is 6.07 Å². The van der Waals surface area contributed by atoms with Crippen LogP contribution in [0.5, 0.6) is 0 Å². The lowest BCUT2D eigenvalue weighted by atomic mass is 9.81. The number of alkyl halides is 3. The van der Waals surface area contributed by atoms with Crippen LogP contribution in [-0.2, 0) is 27.0 Å². The van der Waals surface area contributed by atoms with Crippen molar-refractivity contribution in [2.75, 3.05) is 32.6 Å². The zero-order valence-electron chi connectivity index (χ0n) is 25.2. The molecule has 44 heavy (non-hydrogen) atoms. The van der Waals surface area contributed by atoms with Crippen molar-refractivity contribution in [3.05, 3.63) is 64.7 Å². The first-order chi connectivity index (χ1) is 20.7. The quantitative estimate of drug-likeness (QED) is 0.262. The summed E-state index contributed by atoms with van der Waals surface area (Å²) < 4.78 is 46.7. The number of nitrogens with zero attached hydrogens (tertiary/aromatic N) is 4. The third-order valence-electron chi connectivity index (χ3n) is 7.92. The smallest absolute Gasteiger partial charge is 0.416 e. The predicted octanol–water partition coefficient (Wildman–Crippen LogP) is 2.87. The van der Waals surface area contributed by atoms with Crippen molar-refractivity contribution >= 4 is 24.2 Å². The molecule has 0 bridgehead atoms. The minimum absolute atomic E-state index is 0.191. The van der Waals surface area contributed by atoms with Gasteiger partial charge in [0, 0.05) is 23.8 Å². The fraction of sp³-hybridized carbons (Fsp3) is 0.467. The highest BCUT2D eigenvalue weighted by atomic mass is 19.4. The molecule has 3 unspecified atom stereocenters. The van der Waals surface area contributed by atoms with Gasteiger partial charge in [0.25, 0.3) is 0 Å². The van der Waals surface area contributed by atoms with E-state index in [9.17, 15) is 28.0 Å². The highest BCUT2D eigenvalue weighted by molar-refractivity contribution is 5.82. The third kappa shape index (κ3) is 7.23. The number of esters is 1. The van der Waals surface area contributed by atoms with Crippen LogP contribution in [0, 0.1) is 17.2 Å². The van der Waals surface area contributed by atoms with Crippen molar-refractivity contribution in [2.45, 2.75) is 57.8 Å². The summed E-state index contributed by atoms with van der Waals surface area (Å²) in [6.45, 7) is 4.77. The lowest BCUT2D eigenvalue weighted by Gasteiger charge is -2.52. The molecule has 2 N–H and O–H groups in total. The molecular weight excluding hydrogens is 581 g/mol. The number of urea groups is 1. The van der Waals surface area contributed by atoms with Crippen LogP contribution in [0.3, 0.4) is 0 Å². The van der Waals surface area contributed by atoms with E-state index in [1.807, 2.05) is 0 Å². The van der Waals surface area contributed by atoms with Gasteiger partial charge in [-0.1, -0.05) is 25.5 Å². The number of anilines is 1. The van der Waals surface area contributed by atoms with E-state index in [0.29, 0.717) is 22.2 Å². The fourth-order valence-electron chi connectivity index (χ4n) is 5.94. The highest BCUT2D eigenvalue weighted by Crippen LogP contribution is 2.45. The van der Waals surface area contributed by atoms with Gasteiger partial charge < -0.3 is 24.0 Å². The number of rotatable bonds is 8. The average Bonchev–Trinajstić information content (AvgIpc) is 3.35. The number of hydrazine groups is 1. The summed E-state index contributed by atoms with van der Waals surface area (Å²) in [5, 5.41) is 17.9. The molecule has 11 nitrogen and oxygen atoms in total. The molecule has 2 aromatic rings. The van der Waals surface area contributed by atoms with Crippen LogP contribution in [0.15, 0.2) is 42.5 Å². The van der Waals surface area contributed by atoms with E-state index in [2.05, 4.69) is 37.9 Å². The maximum absolute atomic E-state index is 13.6. The van der Waals surface area contributed by atoms with Crippen molar-refractivity contribution < 1.29 is 41.9 Å². The summed E-state index contributed by atoms with van der Waals surface area (Å²) in [6, 6.07) is 10.1. The summed E-state index contributed by atoms with van der Waals surface area (Å²) in [6.07, 6.45) is -3.46. The van der Waals surface area contributed by atoms with Gasteiger partial charge in [-0.05, 0) is 49.2 Å². The second-order valence-electron chi connectivity index (χ2n) is 11.3. The minimum Gasteiger partial charge on any atom is -0.554 e. The lowest BCUT2D eigenvalue weighted by Crippen LogP contribution is -2.65. The second kappa shape index (κ2) is 14.0. The Balaban J connectivity index is 0.00000169. The number of nitriles is 1. The standard InChI is InChI=1S/C29H35F3N6O3.CH2O2/c1-6-7-13-38(3,4)17-20-14-19(16-33)11-12-23(20)25-24(26(39)41-5)18(2)36(27-34-35-28(40)37(25)27)22-10-8-9-21(15-22)29(30,31)32;2-1-3/h8-12,14-15,18,24-25,27,34H,6-7,13,17H2,1-5H3;1H,(H,2,3)/t18?,24?,25-,27?;/m0./s1. The van der Waals surface area contributed by atoms with Crippen molar-refractivity contribution in [1.82, 2.24) is 15.8 Å². The molecule has 2 aromatic carbocycles. The largest absolute Gasteiger partial charge is 0.554 e. The number of unbranched alkanes of at least 4 members (excludes halogenated alkanes) is 1. The summed E-state index contributed by atoms with van der Waals surface area (Å²) in [5.74, 6) is -1.57. The molecular formula is C30H37F3N6O5. The zero-order valence-corrected chi connectivity index (χ0v) is 25.2. The summed E-state index contributed by atoms with van der Waals surface area (Å²) in [7, 11) is 5.42. The molecule has 0 spiro atoms. The Bertz CT molecular complexity index is 1400. The number of fused-ring (bicyclic) bond motifs is 1. The Kier molecular flexibility index (Phi) is 10.8. The lowest BCUT2D eigenvalue weighted by molar-refractivity contribution is -0.903. The van der Waals surface area contributed by atoms with E-state index in [-0.39, 0.29) is 5.69 Å². The number of carbonyl (C=O) groups is 3. The van der Waals surface area contributed by atoms with E-state index in [0.717, 1.165) is 37.1 Å². The van der Waals surface area contributed by atoms with Gasteiger partial charge in [0.1, 0.15) is 12.5 Å². The normalized spacial score (nSPS) is 21.4. The number of ether oxygens (including phenoxy) is 1. The van der Waals surface area contributed by atoms with Gasteiger partial charge in [0.05, 0.1) is 51.0 Å². The van der Waals surface area contributed by atoms with Gasteiger partial charge in [0.15, 0.2) is 6.29 Å². The first-order valence-electron chi connectivity index (χ1n) is 14.0.